The van der Waals surface area contributed by atoms with E-state index >= 15 is 0 Å². The van der Waals surface area contributed by atoms with E-state index in [2.05, 4.69) is 34.2 Å². The van der Waals surface area contributed by atoms with Gasteiger partial charge in [0.1, 0.15) is 11.5 Å². The number of nitrogens with zero attached hydrogens (tertiary/aromatic N) is 3. The van der Waals surface area contributed by atoms with E-state index in [1.54, 1.807) is 12.4 Å². The summed E-state index contributed by atoms with van der Waals surface area (Å²) in [5.41, 5.74) is 11.1. The van der Waals surface area contributed by atoms with Crippen molar-refractivity contribution >= 4 is 11.5 Å². The quantitative estimate of drug-likeness (QED) is 0.612. The molecule has 0 saturated heterocycles. The standard InChI is InChI=1S/C18H14N4/c19-18-17(21-16-12-20-10-11-22(16)18)15-8-6-14(7-9-15)13-4-2-1-3-5-13/h1-12H,19H2. The summed E-state index contributed by atoms with van der Waals surface area (Å²) in [5.74, 6) is 0.630. The molecule has 2 aromatic heterocycles. The highest BCUT2D eigenvalue weighted by atomic mass is 15.1. The smallest absolute Gasteiger partial charge is 0.157 e. The first kappa shape index (κ1) is 12.6. The topological polar surface area (TPSA) is 56.2 Å². The van der Waals surface area contributed by atoms with Gasteiger partial charge in [0.25, 0.3) is 0 Å². The van der Waals surface area contributed by atoms with Crippen molar-refractivity contribution in [2.24, 2.45) is 0 Å². The van der Waals surface area contributed by atoms with Crippen LogP contribution in [0, 0.1) is 0 Å². The normalized spacial score (nSPS) is 10.9. The molecule has 0 saturated carbocycles. The van der Waals surface area contributed by atoms with Crippen LogP contribution in [-0.2, 0) is 0 Å². The van der Waals surface area contributed by atoms with E-state index in [-0.39, 0.29) is 0 Å². The predicted molar refractivity (Wildman–Crippen MR) is 88.3 cm³/mol. The number of hydrogen-bond acceptors (Lipinski definition) is 3. The van der Waals surface area contributed by atoms with Crippen LogP contribution in [0.4, 0.5) is 5.82 Å². The third-order valence-corrected chi connectivity index (χ3v) is 3.73. The molecule has 4 nitrogen and oxygen atoms in total. The minimum atomic E-state index is 0.630. The van der Waals surface area contributed by atoms with Gasteiger partial charge in [-0.15, -0.1) is 0 Å². The van der Waals surface area contributed by atoms with E-state index in [0.717, 1.165) is 16.9 Å². The van der Waals surface area contributed by atoms with Crippen LogP contribution in [0.15, 0.2) is 73.2 Å². The third kappa shape index (κ3) is 2.02. The third-order valence-electron chi connectivity index (χ3n) is 3.73. The zero-order valence-electron chi connectivity index (χ0n) is 11.8. The monoisotopic (exact) mass is 286 g/mol. The average molecular weight is 286 g/mol. The van der Waals surface area contributed by atoms with Crippen LogP contribution < -0.4 is 5.73 Å². The largest absolute Gasteiger partial charge is 0.383 e. The number of imidazole rings is 1. The molecular weight excluding hydrogens is 272 g/mol. The van der Waals surface area contributed by atoms with E-state index in [9.17, 15) is 0 Å². The lowest BCUT2D eigenvalue weighted by molar-refractivity contribution is 1.13. The van der Waals surface area contributed by atoms with Crippen molar-refractivity contribution in [2.45, 2.75) is 0 Å². The van der Waals surface area contributed by atoms with Gasteiger partial charge in [-0.2, -0.15) is 0 Å². The molecule has 0 fully saturated rings. The van der Waals surface area contributed by atoms with E-state index in [4.69, 9.17) is 5.73 Å². The molecule has 0 aliphatic rings. The summed E-state index contributed by atoms with van der Waals surface area (Å²) < 4.78 is 1.84. The van der Waals surface area contributed by atoms with Gasteiger partial charge in [0.2, 0.25) is 0 Å². The number of fused-ring (bicyclic) bond motifs is 1. The fourth-order valence-electron chi connectivity index (χ4n) is 2.59. The number of nitrogens with two attached hydrogens (primary N) is 1. The molecule has 0 bridgehead atoms. The highest BCUT2D eigenvalue weighted by Crippen LogP contribution is 2.28. The molecule has 0 aliphatic heterocycles. The van der Waals surface area contributed by atoms with Gasteiger partial charge in [-0.25, -0.2) is 4.98 Å². The van der Waals surface area contributed by atoms with Crippen LogP contribution in [-0.4, -0.2) is 14.4 Å². The minimum Gasteiger partial charge on any atom is -0.383 e. The van der Waals surface area contributed by atoms with Crippen LogP contribution in [0.5, 0.6) is 0 Å². The Hall–Kier alpha value is -3.14. The summed E-state index contributed by atoms with van der Waals surface area (Å²) in [6, 6.07) is 18.6. The average Bonchev–Trinajstić information content (AvgIpc) is 2.93. The second-order valence-corrected chi connectivity index (χ2v) is 5.09. The number of aromatic nitrogens is 3. The number of nitrogen functional groups attached to an aromatic ring is 1. The van der Waals surface area contributed by atoms with Crippen molar-refractivity contribution in [1.82, 2.24) is 14.4 Å². The lowest BCUT2D eigenvalue weighted by atomic mass is 10.0. The van der Waals surface area contributed by atoms with Crippen molar-refractivity contribution < 1.29 is 0 Å². The van der Waals surface area contributed by atoms with Crippen molar-refractivity contribution in [1.29, 1.82) is 0 Å². The number of rotatable bonds is 2. The minimum absolute atomic E-state index is 0.630. The van der Waals surface area contributed by atoms with Crippen LogP contribution in [0.1, 0.15) is 0 Å². The maximum Gasteiger partial charge on any atom is 0.157 e. The Bertz CT molecular complexity index is 924. The number of benzene rings is 2. The van der Waals surface area contributed by atoms with Crippen molar-refractivity contribution in [2.75, 3.05) is 5.73 Å². The van der Waals surface area contributed by atoms with E-state index in [1.807, 2.05) is 40.9 Å². The van der Waals surface area contributed by atoms with Gasteiger partial charge in [-0.1, -0.05) is 54.6 Å². The second-order valence-electron chi connectivity index (χ2n) is 5.09. The maximum absolute atomic E-state index is 6.19. The molecule has 22 heavy (non-hydrogen) atoms. The summed E-state index contributed by atoms with van der Waals surface area (Å²) in [7, 11) is 0. The Morgan fingerprint density at radius 3 is 2.23 bits per heavy atom. The first-order chi connectivity index (χ1) is 10.8. The Kier molecular flexibility index (Phi) is 2.86. The van der Waals surface area contributed by atoms with E-state index in [0.29, 0.717) is 5.82 Å². The molecule has 0 unspecified atom stereocenters. The van der Waals surface area contributed by atoms with Crippen molar-refractivity contribution in [3.63, 3.8) is 0 Å². The number of hydrogen-bond donors (Lipinski definition) is 1. The van der Waals surface area contributed by atoms with Crippen LogP contribution in [0.2, 0.25) is 0 Å². The molecule has 0 radical (unpaired) electrons. The van der Waals surface area contributed by atoms with Gasteiger partial charge in [0, 0.05) is 18.0 Å². The lowest BCUT2D eigenvalue weighted by Gasteiger charge is -2.03. The lowest BCUT2D eigenvalue weighted by Crippen LogP contribution is -1.93. The molecule has 0 atom stereocenters. The van der Waals surface area contributed by atoms with E-state index in [1.165, 1.54) is 11.1 Å². The van der Waals surface area contributed by atoms with E-state index < -0.39 is 0 Å². The molecule has 4 rings (SSSR count). The van der Waals surface area contributed by atoms with Crippen molar-refractivity contribution in [3.8, 4) is 22.4 Å². The van der Waals surface area contributed by atoms with Gasteiger partial charge in [-0.05, 0) is 11.1 Å². The van der Waals surface area contributed by atoms with Crippen molar-refractivity contribution in [3.05, 3.63) is 73.2 Å². The van der Waals surface area contributed by atoms with Gasteiger partial charge < -0.3 is 5.73 Å². The molecule has 4 aromatic rings. The second kappa shape index (κ2) is 5.00. The van der Waals surface area contributed by atoms with Crippen LogP contribution in [0.3, 0.4) is 0 Å². The highest BCUT2D eigenvalue weighted by molar-refractivity contribution is 5.76. The fourth-order valence-corrected chi connectivity index (χ4v) is 2.59. The highest BCUT2D eigenvalue weighted by Gasteiger charge is 2.11. The predicted octanol–water partition coefficient (Wildman–Crippen LogP) is 3.65. The Balaban J connectivity index is 1.78. The summed E-state index contributed by atoms with van der Waals surface area (Å²) in [4.78, 5) is 8.64. The zero-order chi connectivity index (χ0) is 14.9. The van der Waals surface area contributed by atoms with Gasteiger partial charge in [0.15, 0.2) is 5.65 Å². The molecule has 2 heterocycles. The van der Waals surface area contributed by atoms with Gasteiger partial charge in [0.05, 0.1) is 6.20 Å². The van der Waals surface area contributed by atoms with Gasteiger partial charge >= 0.3 is 0 Å². The Morgan fingerprint density at radius 2 is 1.50 bits per heavy atom. The molecule has 2 aromatic carbocycles. The summed E-state index contributed by atoms with van der Waals surface area (Å²) in [6.07, 6.45) is 5.23. The summed E-state index contributed by atoms with van der Waals surface area (Å²) in [5, 5.41) is 0. The Labute approximate surface area is 127 Å². The van der Waals surface area contributed by atoms with Crippen LogP contribution >= 0.6 is 0 Å². The molecule has 4 heteroatoms. The Morgan fingerprint density at radius 1 is 0.818 bits per heavy atom. The maximum atomic E-state index is 6.19. The molecule has 0 amide bonds. The SMILES string of the molecule is Nc1c(-c2ccc(-c3ccccc3)cc2)nc2cnccn12. The molecule has 0 aliphatic carbocycles. The number of anilines is 1. The molecular formula is C18H14N4. The van der Waals surface area contributed by atoms with Gasteiger partial charge in [-0.3, -0.25) is 9.38 Å². The molecule has 2 N–H and O–H groups in total. The first-order valence-corrected chi connectivity index (χ1v) is 7.06. The fraction of sp³-hybridized carbons (Fsp3) is 0. The molecule has 106 valence electrons. The summed E-state index contributed by atoms with van der Waals surface area (Å²) >= 11 is 0. The first-order valence-electron chi connectivity index (χ1n) is 7.06. The molecule has 0 spiro atoms. The zero-order valence-corrected chi connectivity index (χ0v) is 11.8. The van der Waals surface area contributed by atoms with Crippen LogP contribution in [0.25, 0.3) is 28.0 Å². The summed E-state index contributed by atoms with van der Waals surface area (Å²) in [6.45, 7) is 0.